The summed E-state index contributed by atoms with van der Waals surface area (Å²) in [4.78, 5) is 11.7. The predicted octanol–water partition coefficient (Wildman–Crippen LogP) is 2.10. The lowest BCUT2D eigenvalue weighted by atomic mass is 10.3. The second-order valence-corrected chi connectivity index (χ2v) is 7.78. The van der Waals surface area contributed by atoms with Crippen molar-refractivity contribution in [2.75, 3.05) is 7.11 Å². The zero-order valence-corrected chi connectivity index (χ0v) is 16.0. The molecule has 27 heavy (non-hydrogen) atoms. The minimum absolute atomic E-state index is 0.0145. The molecular weight excluding hydrogens is 419 g/mol. The van der Waals surface area contributed by atoms with Crippen LogP contribution in [0.15, 0.2) is 58.6 Å². The van der Waals surface area contributed by atoms with Crippen molar-refractivity contribution < 1.29 is 22.4 Å². The van der Waals surface area contributed by atoms with Crippen LogP contribution in [0.25, 0.3) is 0 Å². The van der Waals surface area contributed by atoms with Gasteiger partial charge in [-0.1, -0.05) is 35.3 Å². The number of amidine groups is 1. The molecule has 0 amide bonds. The molecule has 3 rings (SSSR count). The van der Waals surface area contributed by atoms with Crippen molar-refractivity contribution in [1.82, 2.24) is 15.3 Å². The van der Waals surface area contributed by atoms with E-state index in [4.69, 9.17) is 32.7 Å². The molecule has 142 valence electrons. The molecule has 9 nitrogen and oxygen atoms in total. The standard InChI is InChI=1S/C15H12Cl2N4O5S/c1-25-9-5-2-3-6-10(9)26-11-12(16)20-14(13-18-7-4-8-19-13)21-15(11,17)27(22,23)24/h2-8H,1H3,(H,20,21)(H,22,23,24). The number of halogens is 2. The molecule has 1 aromatic carbocycles. The second-order valence-electron chi connectivity index (χ2n) is 5.09. The number of para-hydroxylation sites is 2. The Hall–Kier alpha value is -2.40. The molecule has 1 aliphatic rings. The number of aromatic nitrogens is 2. The molecule has 2 aromatic rings. The minimum atomic E-state index is -5.01. The van der Waals surface area contributed by atoms with Gasteiger partial charge in [-0.05, 0) is 18.2 Å². The molecular formula is C15H12Cl2N4O5S. The van der Waals surface area contributed by atoms with Crippen LogP contribution in [0.5, 0.6) is 11.5 Å². The number of ether oxygens (including phenoxy) is 2. The third-order valence-electron chi connectivity index (χ3n) is 3.36. The van der Waals surface area contributed by atoms with Gasteiger partial charge < -0.3 is 14.8 Å². The van der Waals surface area contributed by atoms with Crippen LogP contribution in [0.2, 0.25) is 0 Å². The maximum absolute atomic E-state index is 12.0. The van der Waals surface area contributed by atoms with Gasteiger partial charge >= 0.3 is 14.4 Å². The quantitative estimate of drug-likeness (QED) is 0.419. The molecule has 0 saturated heterocycles. The smallest absolute Gasteiger partial charge is 0.323 e. The minimum Gasteiger partial charge on any atom is -0.493 e. The van der Waals surface area contributed by atoms with Crippen molar-refractivity contribution in [3.8, 4) is 11.5 Å². The lowest BCUT2D eigenvalue weighted by Gasteiger charge is -2.29. The summed E-state index contributed by atoms with van der Waals surface area (Å²) in [5.41, 5.74) is 0. The number of nitrogens with one attached hydrogen (secondary N) is 1. The first-order valence-corrected chi connectivity index (χ1v) is 9.47. The van der Waals surface area contributed by atoms with Crippen LogP contribution in [0.1, 0.15) is 5.82 Å². The Kier molecular flexibility index (Phi) is 5.24. The van der Waals surface area contributed by atoms with E-state index in [2.05, 4.69) is 20.3 Å². The Balaban J connectivity index is 2.11. The zero-order chi connectivity index (χ0) is 19.7. The maximum atomic E-state index is 12.0. The number of alkyl halides is 1. The SMILES string of the molecule is COc1ccccc1OC1=C(Cl)NC(c2ncccn2)=NC1(Cl)S(=O)(=O)O. The average Bonchev–Trinajstić information content (AvgIpc) is 2.64. The van der Waals surface area contributed by atoms with Crippen molar-refractivity contribution in [3.05, 3.63) is 59.5 Å². The molecule has 1 atom stereocenters. The molecule has 12 heteroatoms. The molecule has 0 fully saturated rings. The van der Waals surface area contributed by atoms with E-state index in [0.717, 1.165) is 0 Å². The number of hydrogen-bond donors (Lipinski definition) is 2. The third-order valence-corrected chi connectivity index (χ3v) is 5.43. The van der Waals surface area contributed by atoms with Crippen LogP contribution in [0, 0.1) is 0 Å². The van der Waals surface area contributed by atoms with Gasteiger partial charge in [0.2, 0.25) is 5.76 Å². The largest absolute Gasteiger partial charge is 0.493 e. The Morgan fingerprint density at radius 3 is 2.37 bits per heavy atom. The van der Waals surface area contributed by atoms with E-state index in [1.165, 1.54) is 25.6 Å². The van der Waals surface area contributed by atoms with Crippen LogP contribution in [0.3, 0.4) is 0 Å². The lowest BCUT2D eigenvalue weighted by molar-refractivity contribution is 0.337. The summed E-state index contributed by atoms with van der Waals surface area (Å²) in [7, 11) is -3.61. The second kappa shape index (κ2) is 7.31. The van der Waals surface area contributed by atoms with Gasteiger partial charge in [-0.3, -0.25) is 4.55 Å². The van der Waals surface area contributed by atoms with Crippen LogP contribution in [-0.4, -0.2) is 40.2 Å². The van der Waals surface area contributed by atoms with Gasteiger partial charge in [-0.15, -0.1) is 0 Å². The van der Waals surface area contributed by atoms with E-state index in [-0.39, 0.29) is 28.3 Å². The fourth-order valence-electron chi connectivity index (χ4n) is 2.14. The highest BCUT2D eigenvalue weighted by atomic mass is 35.5. The summed E-state index contributed by atoms with van der Waals surface area (Å²) in [5, 5.41) is 2.28. The van der Waals surface area contributed by atoms with Gasteiger partial charge in [-0.2, -0.15) is 8.42 Å². The molecule has 0 radical (unpaired) electrons. The van der Waals surface area contributed by atoms with Crippen molar-refractivity contribution in [2.24, 2.45) is 4.99 Å². The summed E-state index contributed by atoms with van der Waals surface area (Å²) in [6.07, 6.45) is 2.82. The molecule has 0 saturated carbocycles. The summed E-state index contributed by atoms with van der Waals surface area (Å²) >= 11 is 12.3. The Bertz CT molecular complexity index is 1030. The first kappa shape index (κ1) is 19.4. The van der Waals surface area contributed by atoms with Gasteiger partial charge in [0.15, 0.2) is 28.3 Å². The summed E-state index contributed by atoms with van der Waals surface area (Å²) in [6.45, 7) is 0. The van der Waals surface area contributed by atoms with Crippen LogP contribution < -0.4 is 14.8 Å². The lowest BCUT2D eigenvalue weighted by Crippen LogP contribution is -2.44. The monoisotopic (exact) mass is 430 g/mol. The van der Waals surface area contributed by atoms with E-state index >= 15 is 0 Å². The number of benzene rings is 1. The highest BCUT2D eigenvalue weighted by molar-refractivity contribution is 7.89. The Labute approximate surface area is 164 Å². The van der Waals surface area contributed by atoms with Gasteiger partial charge in [0, 0.05) is 12.4 Å². The average molecular weight is 431 g/mol. The van der Waals surface area contributed by atoms with Gasteiger partial charge in [0.1, 0.15) is 0 Å². The normalized spacial score (nSPS) is 19.9. The number of methoxy groups -OCH3 is 1. The van der Waals surface area contributed by atoms with Crippen molar-refractivity contribution in [3.63, 3.8) is 0 Å². The summed E-state index contributed by atoms with van der Waals surface area (Å²) in [6, 6.07) is 7.93. The topological polar surface area (TPSA) is 123 Å². The molecule has 0 spiro atoms. The number of nitrogens with zero attached hydrogens (tertiary/aromatic N) is 3. The highest BCUT2D eigenvalue weighted by Crippen LogP contribution is 2.41. The van der Waals surface area contributed by atoms with Crippen molar-refractivity contribution in [2.45, 2.75) is 4.33 Å². The van der Waals surface area contributed by atoms with Crippen LogP contribution >= 0.6 is 23.2 Å². The van der Waals surface area contributed by atoms with Gasteiger partial charge in [0.05, 0.1) is 7.11 Å². The fourth-order valence-corrected chi connectivity index (χ4v) is 3.31. The molecule has 1 aromatic heterocycles. The summed E-state index contributed by atoms with van der Waals surface area (Å²) in [5.74, 6) is -0.318. The number of hydrogen-bond acceptors (Lipinski definition) is 8. The van der Waals surface area contributed by atoms with E-state index in [1.54, 1.807) is 24.3 Å². The van der Waals surface area contributed by atoms with Crippen molar-refractivity contribution >= 4 is 39.2 Å². The van der Waals surface area contributed by atoms with E-state index < -0.39 is 20.2 Å². The first-order valence-electron chi connectivity index (χ1n) is 7.27. The maximum Gasteiger partial charge on any atom is 0.323 e. The Morgan fingerprint density at radius 2 is 1.78 bits per heavy atom. The fraction of sp³-hybridized carbons (Fsp3) is 0.133. The third kappa shape index (κ3) is 3.69. The van der Waals surface area contributed by atoms with E-state index in [0.29, 0.717) is 0 Å². The molecule has 0 bridgehead atoms. The number of rotatable bonds is 5. The highest BCUT2D eigenvalue weighted by Gasteiger charge is 2.52. The van der Waals surface area contributed by atoms with Gasteiger partial charge in [-0.25, -0.2) is 15.0 Å². The molecule has 0 aliphatic carbocycles. The summed E-state index contributed by atoms with van der Waals surface area (Å²) < 4.78 is 41.7. The zero-order valence-electron chi connectivity index (χ0n) is 13.6. The van der Waals surface area contributed by atoms with Crippen LogP contribution in [0.4, 0.5) is 0 Å². The molecule has 1 unspecified atom stereocenters. The van der Waals surface area contributed by atoms with E-state index in [1.807, 2.05) is 0 Å². The Morgan fingerprint density at radius 1 is 1.15 bits per heavy atom. The van der Waals surface area contributed by atoms with E-state index in [9.17, 15) is 13.0 Å². The molecule has 2 heterocycles. The first-order chi connectivity index (χ1) is 12.8. The molecule has 2 N–H and O–H groups in total. The predicted molar refractivity (Wildman–Crippen MR) is 98.3 cm³/mol. The van der Waals surface area contributed by atoms with Crippen LogP contribution in [-0.2, 0) is 10.1 Å². The number of aliphatic imine (C=N–C) groups is 1. The molecule has 1 aliphatic heterocycles. The van der Waals surface area contributed by atoms with Crippen molar-refractivity contribution in [1.29, 1.82) is 0 Å². The van der Waals surface area contributed by atoms with Gasteiger partial charge in [0.25, 0.3) is 0 Å².